The number of carbonyl (C=O) groups excluding carboxylic acids is 1. The number of nitrogens with one attached hydrogen (secondary N) is 1. The molecule has 1 aliphatic carbocycles. The third-order valence-corrected chi connectivity index (χ3v) is 11.5. The van der Waals surface area contributed by atoms with Crippen LogP contribution < -0.4 is 5.32 Å². The molecule has 1 fully saturated rings. The highest BCUT2D eigenvalue weighted by molar-refractivity contribution is 7.47. The summed E-state index contributed by atoms with van der Waals surface area (Å²) in [5, 5.41) is 74.2. The van der Waals surface area contributed by atoms with E-state index < -0.39 is 75.2 Å². The molecule has 1 saturated carbocycles. The lowest BCUT2D eigenvalue weighted by atomic mass is 9.85. The summed E-state index contributed by atoms with van der Waals surface area (Å²) in [5.41, 5.74) is 0. The van der Waals surface area contributed by atoms with Gasteiger partial charge in [0, 0.05) is 0 Å². The van der Waals surface area contributed by atoms with Crippen molar-refractivity contribution >= 4 is 13.7 Å². The highest BCUT2D eigenvalue weighted by atomic mass is 31.2. The van der Waals surface area contributed by atoms with Gasteiger partial charge in [-0.15, -0.1) is 0 Å². The number of amides is 1. The zero-order chi connectivity index (χ0) is 41.6. The molecule has 0 aromatic rings. The molecule has 8 atom stereocenters. The molecule has 0 spiro atoms. The number of aliphatic hydroxyl groups excluding tert-OH is 7. The predicted octanol–water partition coefficient (Wildman–Crippen LogP) is 6.42. The van der Waals surface area contributed by atoms with Crippen LogP contribution in [0, 0.1) is 0 Å². The molecule has 0 aromatic heterocycles. The minimum Gasteiger partial charge on any atom is -0.393 e. The SMILES string of the molecule is CCCCCCCCCC/C=C/C(O)C(COP(=O)(O)OC1C(O)C(O)C(O)C(O)C1O)NC(=O)CC(O)CCCCC/C=C\CCCCCCCCCCC. The summed E-state index contributed by atoms with van der Waals surface area (Å²) < 4.78 is 22.8. The molecular weight excluding hydrogens is 741 g/mol. The topological polar surface area (TPSA) is 226 Å². The van der Waals surface area contributed by atoms with Gasteiger partial charge in [0.05, 0.1) is 31.3 Å². The first-order chi connectivity index (χ1) is 26.8. The maximum Gasteiger partial charge on any atom is 0.472 e. The van der Waals surface area contributed by atoms with Gasteiger partial charge < -0.3 is 46.0 Å². The molecule has 0 saturated heterocycles. The average molecular weight is 822 g/mol. The third-order valence-electron chi connectivity index (χ3n) is 10.5. The van der Waals surface area contributed by atoms with E-state index in [0.29, 0.717) is 12.8 Å². The van der Waals surface area contributed by atoms with E-state index in [1.807, 2.05) is 0 Å². The van der Waals surface area contributed by atoms with Crippen LogP contribution in [0.3, 0.4) is 0 Å². The lowest BCUT2D eigenvalue weighted by molar-refractivity contribution is -0.220. The lowest BCUT2D eigenvalue weighted by Gasteiger charge is -2.41. The molecule has 1 aliphatic rings. The van der Waals surface area contributed by atoms with Gasteiger partial charge >= 0.3 is 7.82 Å². The van der Waals surface area contributed by atoms with Crippen molar-refractivity contribution in [2.75, 3.05) is 6.61 Å². The number of rotatable bonds is 35. The fraction of sp³-hybridized carbons (Fsp3) is 0.881. The highest BCUT2D eigenvalue weighted by Crippen LogP contribution is 2.47. The number of phosphoric ester groups is 1. The van der Waals surface area contributed by atoms with Crippen molar-refractivity contribution in [1.29, 1.82) is 0 Å². The minimum absolute atomic E-state index is 0.254. The highest BCUT2D eigenvalue weighted by Gasteiger charge is 2.51. The first kappa shape index (κ1) is 52.8. The van der Waals surface area contributed by atoms with Crippen molar-refractivity contribution in [1.82, 2.24) is 5.32 Å². The number of unbranched alkanes of at least 4 members (excludes halogenated alkanes) is 20. The van der Waals surface area contributed by atoms with Gasteiger partial charge in [0.15, 0.2) is 0 Å². The fourth-order valence-electron chi connectivity index (χ4n) is 6.88. The van der Waals surface area contributed by atoms with E-state index in [9.17, 15) is 50.0 Å². The Morgan fingerprint density at radius 2 is 1.04 bits per heavy atom. The van der Waals surface area contributed by atoms with Gasteiger partial charge in [0.2, 0.25) is 5.91 Å². The molecule has 0 aromatic carbocycles. The number of hydrogen-bond donors (Lipinski definition) is 9. The van der Waals surface area contributed by atoms with E-state index in [-0.39, 0.29) is 6.42 Å². The molecule has 9 N–H and O–H groups in total. The summed E-state index contributed by atoms with van der Waals surface area (Å²) in [6.07, 6.45) is 20.0. The van der Waals surface area contributed by atoms with Gasteiger partial charge in [-0.1, -0.05) is 147 Å². The van der Waals surface area contributed by atoms with Crippen LogP contribution in [-0.4, -0.2) is 108 Å². The van der Waals surface area contributed by atoms with Crippen LogP contribution in [-0.2, 0) is 18.4 Å². The van der Waals surface area contributed by atoms with Crippen molar-refractivity contribution in [3.63, 3.8) is 0 Å². The van der Waals surface area contributed by atoms with Crippen LogP contribution in [0.2, 0.25) is 0 Å². The first-order valence-electron chi connectivity index (χ1n) is 21.9. The smallest absolute Gasteiger partial charge is 0.393 e. The number of carbonyl (C=O) groups is 1. The molecule has 0 aliphatic heterocycles. The van der Waals surface area contributed by atoms with Crippen LogP contribution in [0.4, 0.5) is 0 Å². The maximum absolute atomic E-state index is 12.9. The Hall–Kier alpha value is -1.22. The summed E-state index contributed by atoms with van der Waals surface area (Å²) in [5.74, 6) is -0.604. The standard InChI is InChI=1S/C42H80NO12P/c1-3-5-7-9-11-13-15-16-17-18-19-20-21-23-25-27-29-33(44)31-36(46)43-34(35(45)30-28-26-24-22-14-12-10-8-6-4-2)32-54-56(52,53)55-42-40(50)38(48)37(47)39(49)41(42)51/h19-20,28,30,33-35,37-42,44-45,47-51H,3-18,21-27,29,31-32H2,1-2H3,(H,43,46)(H,52,53)/b20-19-,30-28+. The Labute approximate surface area is 337 Å². The monoisotopic (exact) mass is 822 g/mol. The summed E-state index contributed by atoms with van der Waals surface area (Å²) in [6, 6.07) is -1.24. The van der Waals surface area contributed by atoms with E-state index in [2.05, 4.69) is 31.3 Å². The summed E-state index contributed by atoms with van der Waals surface area (Å²) >= 11 is 0. The van der Waals surface area contributed by atoms with Crippen molar-refractivity contribution in [3.8, 4) is 0 Å². The number of hydrogen-bond acceptors (Lipinski definition) is 11. The summed E-state index contributed by atoms with van der Waals surface area (Å²) in [7, 11) is -5.13. The molecule has 0 bridgehead atoms. The zero-order valence-corrected chi connectivity index (χ0v) is 35.4. The number of aliphatic hydroxyl groups is 7. The molecule has 330 valence electrons. The first-order valence-corrected chi connectivity index (χ1v) is 23.4. The second-order valence-electron chi connectivity index (χ2n) is 15.7. The summed E-state index contributed by atoms with van der Waals surface area (Å²) in [4.78, 5) is 23.3. The Morgan fingerprint density at radius 1 is 0.625 bits per heavy atom. The maximum atomic E-state index is 12.9. The Morgan fingerprint density at radius 3 is 1.52 bits per heavy atom. The van der Waals surface area contributed by atoms with Crippen LogP contribution in [0.5, 0.6) is 0 Å². The van der Waals surface area contributed by atoms with Crippen molar-refractivity contribution in [2.45, 2.75) is 229 Å². The van der Waals surface area contributed by atoms with E-state index in [1.54, 1.807) is 6.08 Å². The van der Waals surface area contributed by atoms with E-state index in [4.69, 9.17) is 9.05 Å². The second-order valence-corrected chi connectivity index (χ2v) is 17.1. The number of phosphoric acid groups is 1. The van der Waals surface area contributed by atoms with E-state index >= 15 is 0 Å². The zero-order valence-electron chi connectivity index (χ0n) is 34.5. The summed E-state index contributed by atoms with van der Waals surface area (Å²) in [6.45, 7) is 3.69. The van der Waals surface area contributed by atoms with E-state index in [1.165, 1.54) is 96.0 Å². The predicted molar refractivity (Wildman–Crippen MR) is 220 cm³/mol. The van der Waals surface area contributed by atoms with E-state index in [0.717, 1.165) is 51.4 Å². The largest absolute Gasteiger partial charge is 0.472 e. The molecule has 1 amide bonds. The lowest BCUT2D eigenvalue weighted by Crippen LogP contribution is -2.64. The Kier molecular flexibility index (Phi) is 30.7. The molecule has 0 radical (unpaired) electrons. The molecule has 14 heteroatoms. The Bertz CT molecular complexity index is 1060. The second kappa shape index (κ2) is 32.6. The Balaban J connectivity index is 2.56. The van der Waals surface area contributed by atoms with Crippen molar-refractivity contribution in [2.24, 2.45) is 0 Å². The van der Waals surface area contributed by atoms with Crippen LogP contribution in [0.15, 0.2) is 24.3 Å². The molecule has 8 unspecified atom stereocenters. The van der Waals surface area contributed by atoms with Crippen LogP contribution >= 0.6 is 7.82 Å². The van der Waals surface area contributed by atoms with Crippen LogP contribution in [0.25, 0.3) is 0 Å². The van der Waals surface area contributed by atoms with Gasteiger partial charge in [-0.2, -0.15) is 0 Å². The fourth-order valence-corrected chi connectivity index (χ4v) is 7.85. The number of allylic oxidation sites excluding steroid dienone is 3. The van der Waals surface area contributed by atoms with Crippen molar-refractivity contribution in [3.05, 3.63) is 24.3 Å². The minimum atomic E-state index is -5.13. The molecule has 1 rings (SSSR count). The van der Waals surface area contributed by atoms with Crippen molar-refractivity contribution < 1.29 is 59.0 Å². The van der Waals surface area contributed by atoms with Gasteiger partial charge in [0.25, 0.3) is 0 Å². The molecule has 0 heterocycles. The van der Waals surface area contributed by atoms with Gasteiger partial charge in [-0.05, 0) is 44.9 Å². The van der Waals surface area contributed by atoms with Gasteiger partial charge in [-0.25, -0.2) is 4.57 Å². The molecule has 56 heavy (non-hydrogen) atoms. The molecule has 13 nitrogen and oxygen atoms in total. The normalized spacial score (nSPS) is 24.4. The average Bonchev–Trinajstić information content (AvgIpc) is 3.17. The van der Waals surface area contributed by atoms with Crippen LogP contribution in [0.1, 0.15) is 174 Å². The molecular formula is C42H80NO12P. The van der Waals surface area contributed by atoms with Gasteiger partial charge in [-0.3, -0.25) is 13.8 Å². The van der Waals surface area contributed by atoms with Gasteiger partial charge in [0.1, 0.15) is 36.6 Å². The quantitative estimate of drug-likeness (QED) is 0.0192. The third kappa shape index (κ3) is 24.6.